The Balaban J connectivity index is 1.24. The predicted octanol–water partition coefficient (Wildman–Crippen LogP) is 1.18. The second kappa shape index (κ2) is 8.89. The minimum absolute atomic E-state index is 0.0211. The number of carbonyl (C=O) groups is 2. The summed E-state index contributed by atoms with van der Waals surface area (Å²) in [5, 5.41) is 19.7. The van der Waals surface area contributed by atoms with E-state index in [2.05, 4.69) is 35.8 Å². The number of H-pyrrole nitrogens is 1. The minimum Gasteiger partial charge on any atom is -0.357 e. The second-order valence-corrected chi connectivity index (χ2v) is 8.58. The molecule has 1 aromatic carbocycles. The van der Waals surface area contributed by atoms with Crippen LogP contribution in [-0.4, -0.2) is 87.4 Å². The van der Waals surface area contributed by atoms with E-state index in [0.29, 0.717) is 19.0 Å². The van der Waals surface area contributed by atoms with Crippen LogP contribution in [0.4, 0.5) is 10.3 Å². The number of aromatic amines is 1. The Morgan fingerprint density at radius 1 is 1.14 bits per heavy atom. The molecule has 1 atom stereocenters. The van der Waals surface area contributed by atoms with Crippen molar-refractivity contribution < 1.29 is 14.0 Å². The topological polar surface area (TPSA) is 144 Å². The summed E-state index contributed by atoms with van der Waals surface area (Å²) in [6.07, 6.45) is 5.31. The molecule has 5 heterocycles. The van der Waals surface area contributed by atoms with Crippen molar-refractivity contribution in [2.75, 3.05) is 24.5 Å². The van der Waals surface area contributed by atoms with Gasteiger partial charge in [0.05, 0.1) is 40.7 Å². The normalized spacial score (nSPS) is 15.9. The average Bonchev–Trinajstić information content (AvgIpc) is 3.70. The molecule has 13 nitrogen and oxygen atoms in total. The van der Waals surface area contributed by atoms with E-state index < -0.39 is 17.5 Å². The molecule has 0 saturated carbocycles. The third-order valence-corrected chi connectivity index (χ3v) is 6.35. The van der Waals surface area contributed by atoms with Gasteiger partial charge in [-0.1, -0.05) is 28.5 Å². The molecule has 0 bridgehead atoms. The molecule has 1 amide bonds. The average molecular weight is 501 g/mol. The fraction of sp³-hybridized carbons (Fsp3) is 0.217. The van der Waals surface area contributed by atoms with Gasteiger partial charge in [-0.3, -0.25) is 9.59 Å². The van der Waals surface area contributed by atoms with Crippen molar-refractivity contribution in [3.05, 3.63) is 66.5 Å². The van der Waals surface area contributed by atoms with Crippen molar-refractivity contribution in [3.63, 3.8) is 0 Å². The minimum atomic E-state index is -0.810. The summed E-state index contributed by atoms with van der Waals surface area (Å²) in [6, 6.07) is 9.16. The molecule has 14 heteroatoms. The zero-order valence-electron chi connectivity index (χ0n) is 19.6. The molecule has 186 valence electrons. The summed E-state index contributed by atoms with van der Waals surface area (Å²) in [6.45, 7) is 2.94. The van der Waals surface area contributed by atoms with E-state index in [4.69, 9.17) is 0 Å². The molecule has 1 N–H and O–H groups in total. The number of anilines is 1. The Morgan fingerprint density at radius 2 is 1.97 bits per heavy atom. The van der Waals surface area contributed by atoms with Crippen molar-refractivity contribution >= 4 is 28.5 Å². The standard InChI is InChI=1S/C23H20FN11O2/c1-14-13-32(23-28-29-31-35(23)15-5-3-2-4-6-15)9-10-33(14)22(37)20(36)16-11-25-19-18(16)17(24)12-26-21(19)34-8-7-27-30-34/h2-8,11-12,14,25H,9-10,13H2,1H3. The number of pyridine rings is 1. The third-order valence-electron chi connectivity index (χ3n) is 6.35. The van der Waals surface area contributed by atoms with Crippen LogP contribution < -0.4 is 4.90 Å². The number of amides is 1. The van der Waals surface area contributed by atoms with Gasteiger partial charge in [-0.15, -0.1) is 5.10 Å². The summed E-state index contributed by atoms with van der Waals surface area (Å²) < 4.78 is 17.8. The van der Waals surface area contributed by atoms with Crippen LogP contribution in [0.25, 0.3) is 22.4 Å². The zero-order valence-corrected chi connectivity index (χ0v) is 19.6. The van der Waals surface area contributed by atoms with Crippen molar-refractivity contribution in [2.24, 2.45) is 0 Å². The highest BCUT2D eigenvalue weighted by Gasteiger charge is 2.35. The number of ketones is 1. The Kier molecular flexibility index (Phi) is 5.40. The molecule has 1 fully saturated rings. The molecule has 4 aromatic heterocycles. The van der Waals surface area contributed by atoms with Crippen LogP contribution in [-0.2, 0) is 4.79 Å². The molecule has 1 aliphatic rings. The number of carbonyl (C=O) groups excluding carboxylic acids is 2. The van der Waals surface area contributed by atoms with E-state index in [1.165, 1.54) is 22.0 Å². The molecule has 5 aromatic rings. The Hall–Kier alpha value is -5.01. The first kappa shape index (κ1) is 22.5. The number of piperazine rings is 1. The molecule has 6 rings (SSSR count). The van der Waals surface area contributed by atoms with Crippen LogP contribution in [0.15, 0.2) is 55.1 Å². The van der Waals surface area contributed by atoms with Crippen LogP contribution in [0.2, 0.25) is 0 Å². The Bertz CT molecular complexity index is 1600. The van der Waals surface area contributed by atoms with Crippen LogP contribution >= 0.6 is 0 Å². The van der Waals surface area contributed by atoms with Crippen molar-refractivity contribution in [2.45, 2.75) is 13.0 Å². The number of hydrogen-bond donors (Lipinski definition) is 1. The van der Waals surface area contributed by atoms with Gasteiger partial charge in [0.1, 0.15) is 0 Å². The van der Waals surface area contributed by atoms with Crippen molar-refractivity contribution in [1.82, 2.24) is 50.1 Å². The molecule has 1 unspecified atom stereocenters. The number of Topliss-reactive ketones (excluding diaryl/α,β-unsaturated/α-hetero) is 1. The van der Waals surface area contributed by atoms with Crippen LogP contribution in [0.3, 0.4) is 0 Å². The van der Waals surface area contributed by atoms with E-state index in [1.54, 1.807) is 10.9 Å². The molecular weight excluding hydrogens is 481 g/mol. The lowest BCUT2D eigenvalue weighted by atomic mass is 10.1. The van der Waals surface area contributed by atoms with Crippen LogP contribution in [0.1, 0.15) is 17.3 Å². The lowest BCUT2D eigenvalue weighted by molar-refractivity contribution is -0.128. The fourth-order valence-corrected chi connectivity index (χ4v) is 4.57. The van der Waals surface area contributed by atoms with Gasteiger partial charge in [0.2, 0.25) is 0 Å². The first-order valence-corrected chi connectivity index (χ1v) is 11.5. The van der Waals surface area contributed by atoms with Gasteiger partial charge >= 0.3 is 0 Å². The summed E-state index contributed by atoms with van der Waals surface area (Å²) in [5.74, 6) is -1.44. The van der Waals surface area contributed by atoms with E-state index in [9.17, 15) is 14.0 Å². The molecule has 0 radical (unpaired) electrons. The lowest BCUT2D eigenvalue weighted by Crippen LogP contribution is -2.56. The quantitative estimate of drug-likeness (QED) is 0.277. The highest BCUT2D eigenvalue weighted by molar-refractivity contribution is 6.45. The first-order chi connectivity index (χ1) is 18.0. The summed E-state index contributed by atoms with van der Waals surface area (Å²) in [5.41, 5.74) is 0.987. The number of nitrogens with zero attached hydrogens (tertiary/aromatic N) is 10. The molecule has 0 aliphatic carbocycles. The number of hydrogen-bond acceptors (Lipinski definition) is 9. The summed E-state index contributed by atoms with van der Waals surface area (Å²) in [7, 11) is 0. The maximum Gasteiger partial charge on any atom is 0.295 e. The molecule has 37 heavy (non-hydrogen) atoms. The summed E-state index contributed by atoms with van der Waals surface area (Å²) in [4.78, 5) is 36.9. The smallest absolute Gasteiger partial charge is 0.295 e. The van der Waals surface area contributed by atoms with Crippen LogP contribution in [0, 0.1) is 5.82 Å². The predicted molar refractivity (Wildman–Crippen MR) is 128 cm³/mol. The number of rotatable bonds is 5. The lowest BCUT2D eigenvalue weighted by Gasteiger charge is -2.39. The Labute approximate surface area is 208 Å². The first-order valence-electron chi connectivity index (χ1n) is 11.5. The van der Waals surface area contributed by atoms with Gasteiger partial charge in [-0.05, 0) is 29.5 Å². The molecular formula is C23H20FN11O2. The summed E-state index contributed by atoms with van der Waals surface area (Å²) >= 11 is 0. The highest BCUT2D eigenvalue weighted by Crippen LogP contribution is 2.27. The molecule has 1 saturated heterocycles. The van der Waals surface area contributed by atoms with Crippen molar-refractivity contribution in [1.29, 1.82) is 0 Å². The second-order valence-electron chi connectivity index (χ2n) is 8.58. The monoisotopic (exact) mass is 501 g/mol. The number of aromatic nitrogens is 9. The van der Waals surface area contributed by atoms with Gasteiger partial charge in [0, 0.05) is 31.9 Å². The Morgan fingerprint density at radius 3 is 2.73 bits per heavy atom. The van der Waals surface area contributed by atoms with E-state index in [1.807, 2.05) is 42.2 Å². The molecule has 1 aliphatic heterocycles. The van der Waals surface area contributed by atoms with Gasteiger partial charge in [0.25, 0.3) is 17.6 Å². The van der Waals surface area contributed by atoms with E-state index in [-0.39, 0.29) is 34.9 Å². The van der Waals surface area contributed by atoms with Crippen LogP contribution in [0.5, 0.6) is 0 Å². The SMILES string of the molecule is CC1CN(c2nnnn2-c2ccccc2)CCN1C(=O)C(=O)c1c[nH]c2c(-n3ccnn3)ncc(F)c12. The van der Waals surface area contributed by atoms with Gasteiger partial charge < -0.3 is 14.8 Å². The van der Waals surface area contributed by atoms with Gasteiger partial charge in [-0.25, -0.2) is 14.1 Å². The molecule has 0 spiro atoms. The maximum atomic E-state index is 14.8. The third kappa shape index (κ3) is 3.78. The largest absolute Gasteiger partial charge is 0.357 e. The highest BCUT2D eigenvalue weighted by atomic mass is 19.1. The zero-order chi connectivity index (χ0) is 25.5. The van der Waals surface area contributed by atoms with Crippen molar-refractivity contribution in [3.8, 4) is 11.5 Å². The fourth-order valence-electron chi connectivity index (χ4n) is 4.57. The van der Waals surface area contributed by atoms with E-state index >= 15 is 0 Å². The van der Waals surface area contributed by atoms with Gasteiger partial charge in [-0.2, -0.15) is 4.68 Å². The maximum absolute atomic E-state index is 14.8. The number of nitrogens with one attached hydrogen (secondary N) is 1. The van der Waals surface area contributed by atoms with Gasteiger partial charge in [0.15, 0.2) is 11.6 Å². The van der Waals surface area contributed by atoms with E-state index in [0.717, 1.165) is 11.9 Å². The number of para-hydroxylation sites is 1. The number of benzene rings is 1. The number of tetrazole rings is 1. The number of fused-ring (bicyclic) bond motifs is 1. The number of halogens is 1.